The number of ether oxygens (including phenoxy) is 2. The highest BCUT2D eigenvalue weighted by Crippen LogP contribution is 2.39. The third-order valence-corrected chi connectivity index (χ3v) is 5.80. The maximum atomic E-state index is 12.5. The fraction of sp³-hybridized carbons (Fsp3) is 0.364. The highest BCUT2D eigenvalue weighted by atomic mass is 32.1. The lowest BCUT2D eigenvalue weighted by Gasteiger charge is -2.26. The average Bonchev–Trinajstić information content (AvgIpc) is 3.06. The van der Waals surface area contributed by atoms with Crippen LogP contribution in [0, 0.1) is 0 Å². The van der Waals surface area contributed by atoms with Crippen molar-refractivity contribution in [2.45, 2.75) is 33.2 Å². The second-order valence-corrected chi connectivity index (χ2v) is 7.93. The Hall–Kier alpha value is -3.00. The van der Waals surface area contributed by atoms with Crippen molar-refractivity contribution in [3.05, 3.63) is 46.3 Å². The van der Waals surface area contributed by atoms with Gasteiger partial charge in [0.1, 0.15) is 10.8 Å². The molecule has 3 N–H and O–H groups in total. The molecule has 0 unspecified atom stereocenters. The highest BCUT2D eigenvalue weighted by molar-refractivity contribution is 7.17. The molecule has 8 heteroatoms. The minimum Gasteiger partial charge on any atom is -0.493 e. The summed E-state index contributed by atoms with van der Waals surface area (Å²) in [6.07, 6.45) is 4.43. The Labute approximate surface area is 180 Å². The zero-order valence-corrected chi connectivity index (χ0v) is 18.1. The molecule has 30 heavy (non-hydrogen) atoms. The van der Waals surface area contributed by atoms with E-state index in [1.54, 1.807) is 17.9 Å². The topological polar surface area (TPSA) is 93.9 Å². The van der Waals surface area contributed by atoms with Gasteiger partial charge in [-0.05, 0) is 37.5 Å². The zero-order valence-electron chi connectivity index (χ0n) is 17.3. The van der Waals surface area contributed by atoms with E-state index < -0.39 is 0 Å². The molecule has 3 rings (SSSR count). The summed E-state index contributed by atoms with van der Waals surface area (Å²) in [6, 6.07) is 7.58. The van der Waals surface area contributed by atoms with Crippen LogP contribution in [0.5, 0.6) is 5.75 Å². The summed E-state index contributed by atoms with van der Waals surface area (Å²) in [5.41, 5.74) is 8.67. The molecule has 160 valence electrons. The summed E-state index contributed by atoms with van der Waals surface area (Å²) in [4.78, 5) is 27.1. The maximum absolute atomic E-state index is 12.5. The van der Waals surface area contributed by atoms with Crippen LogP contribution in [0.25, 0.3) is 6.08 Å². The first-order valence-electron chi connectivity index (χ1n) is 10.1. The molecular formula is C22H27N3O4S. The molecule has 0 spiro atoms. The average molecular weight is 430 g/mol. The van der Waals surface area contributed by atoms with Crippen molar-refractivity contribution in [2.75, 3.05) is 30.8 Å². The quantitative estimate of drug-likeness (QED) is 0.641. The second-order valence-electron chi connectivity index (χ2n) is 6.83. The standard InChI is InChI=1S/C22H27N3O4S/c1-3-13-29-17-8-6-5-7-15(17)9-10-19(26)24-21-20(23)16-11-12-25(14-18(16)30-21)22(27)28-4-2/h5-10H,3-4,11-14,23H2,1-2H3,(H,24,26)/b10-9+. The number of nitrogens with one attached hydrogen (secondary N) is 1. The third-order valence-electron chi connectivity index (χ3n) is 4.66. The van der Waals surface area contributed by atoms with E-state index in [9.17, 15) is 9.59 Å². The Bertz CT molecular complexity index is 938. The Morgan fingerprint density at radius 2 is 2.10 bits per heavy atom. The van der Waals surface area contributed by atoms with Crippen LogP contribution < -0.4 is 15.8 Å². The molecule has 0 aliphatic carbocycles. The van der Waals surface area contributed by atoms with Crippen molar-refractivity contribution in [3.8, 4) is 5.75 Å². The van der Waals surface area contributed by atoms with E-state index in [1.807, 2.05) is 31.2 Å². The molecule has 1 aliphatic heterocycles. The van der Waals surface area contributed by atoms with E-state index in [-0.39, 0.29) is 12.0 Å². The summed E-state index contributed by atoms with van der Waals surface area (Å²) >= 11 is 1.40. The molecule has 0 saturated heterocycles. The van der Waals surface area contributed by atoms with Crippen molar-refractivity contribution in [1.82, 2.24) is 4.90 Å². The van der Waals surface area contributed by atoms with Gasteiger partial charge in [-0.3, -0.25) is 4.79 Å². The predicted molar refractivity (Wildman–Crippen MR) is 120 cm³/mol. The smallest absolute Gasteiger partial charge is 0.410 e. The van der Waals surface area contributed by atoms with Gasteiger partial charge < -0.3 is 25.4 Å². The number of hydrogen-bond donors (Lipinski definition) is 2. The van der Waals surface area contributed by atoms with E-state index in [2.05, 4.69) is 5.32 Å². The van der Waals surface area contributed by atoms with Crippen LogP contribution in [0.3, 0.4) is 0 Å². The van der Waals surface area contributed by atoms with Crippen LogP contribution in [-0.4, -0.2) is 36.7 Å². The summed E-state index contributed by atoms with van der Waals surface area (Å²) in [5.74, 6) is 0.474. The Morgan fingerprint density at radius 3 is 2.87 bits per heavy atom. The number of benzene rings is 1. The summed E-state index contributed by atoms with van der Waals surface area (Å²) in [6.45, 7) is 5.78. The summed E-state index contributed by atoms with van der Waals surface area (Å²) in [5, 5.41) is 3.47. The number of para-hydroxylation sites is 1. The molecule has 1 aromatic carbocycles. The van der Waals surface area contributed by atoms with Gasteiger partial charge in [0.2, 0.25) is 5.91 Å². The molecule has 0 atom stereocenters. The molecule has 1 aromatic heterocycles. The molecule has 0 bridgehead atoms. The van der Waals surface area contributed by atoms with E-state index in [1.165, 1.54) is 17.4 Å². The number of nitrogen functional groups attached to an aromatic ring is 1. The first-order valence-corrected chi connectivity index (χ1v) is 10.9. The first kappa shape index (κ1) is 21.7. The van der Waals surface area contributed by atoms with E-state index >= 15 is 0 Å². The fourth-order valence-corrected chi connectivity index (χ4v) is 4.36. The van der Waals surface area contributed by atoms with Gasteiger partial charge in [0.15, 0.2) is 0 Å². The summed E-state index contributed by atoms with van der Waals surface area (Å²) in [7, 11) is 0. The van der Waals surface area contributed by atoms with E-state index in [0.717, 1.165) is 28.2 Å². The van der Waals surface area contributed by atoms with Crippen LogP contribution in [0.1, 0.15) is 36.3 Å². The number of amides is 2. The van der Waals surface area contributed by atoms with Gasteiger partial charge in [0.05, 0.1) is 25.4 Å². The molecule has 2 amide bonds. The lowest BCUT2D eigenvalue weighted by atomic mass is 10.1. The molecular weight excluding hydrogens is 402 g/mol. The third kappa shape index (κ3) is 5.13. The monoisotopic (exact) mass is 429 g/mol. The fourth-order valence-electron chi connectivity index (χ4n) is 3.17. The van der Waals surface area contributed by atoms with Crippen molar-refractivity contribution in [2.24, 2.45) is 0 Å². The maximum Gasteiger partial charge on any atom is 0.410 e. The number of carbonyl (C=O) groups is 2. The van der Waals surface area contributed by atoms with Crippen molar-refractivity contribution < 1.29 is 19.1 Å². The van der Waals surface area contributed by atoms with Crippen molar-refractivity contribution >= 4 is 40.1 Å². The Balaban J connectivity index is 1.67. The van der Waals surface area contributed by atoms with Gasteiger partial charge in [0.25, 0.3) is 0 Å². The largest absolute Gasteiger partial charge is 0.493 e. The lowest BCUT2D eigenvalue weighted by molar-refractivity contribution is -0.111. The van der Waals surface area contributed by atoms with E-state index in [0.29, 0.717) is 43.4 Å². The number of nitrogens with two attached hydrogens (primary N) is 1. The number of thiophene rings is 1. The van der Waals surface area contributed by atoms with Gasteiger partial charge in [-0.25, -0.2) is 4.79 Å². The predicted octanol–water partition coefficient (Wildman–Crippen LogP) is 4.29. The Kier molecular flexibility index (Phi) is 7.35. The minimum absolute atomic E-state index is 0.271. The van der Waals surface area contributed by atoms with Crippen LogP contribution in [0.15, 0.2) is 30.3 Å². The molecule has 0 fully saturated rings. The minimum atomic E-state index is -0.326. The van der Waals surface area contributed by atoms with Gasteiger partial charge in [-0.2, -0.15) is 0 Å². The first-order chi connectivity index (χ1) is 14.5. The number of carbonyl (C=O) groups excluding carboxylic acids is 2. The van der Waals surface area contributed by atoms with Crippen LogP contribution in [0.4, 0.5) is 15.5 Å². The van der Waals surface area contributed by atoms with Gasteiger partial charge in [0, 0.05) is 23.1 Å². The van der Waals surface area contributed by atoms with Gasteiger partial charge in [-0.1, -0.05) is 25.1 Å². The number of fused-ring (bicyclic) bond motifs is 1. The normalized spacial score (nSPS) is 13.2. The molecule has 1 aliphatic rings. The number of anilines is 2. The number of nitrogens with zero attached hydrogens (tertiary/aromatic N) is 1. The van der Waals surface area contributed by atoms with Crippen molar-refractivity contribution in [1.29, 1.82) is 0 Å². The zero-order chi connectivity index (χ0) is 21.5. The van der Waals surface area contributed by atoms with Crippen LogP contribution >= 0.6 is 11.3 Å². The Morgan fingerprint density at radius 1 is 1.30 bits per heavy atom. The summed E-state index contributed by atoms with van der Waals surface area (Å²) < 4.78 is 10.8. The van der Waals surface area contributed by atoms with E-state index in [4.69, 9.17) is 15.2 Å². The number of rotatable bonds is 7. The SMILES string of the molecule is CCCOc1ccccc1/C=C/C(=O)Nc1sc2c(c1N)CCN(C(=O)OCC)C2. The molecule has 7 nitrogen and oxygen atoms in total. The van der Waals surface area contributed by atoms with Gasteiger partial charge >= 0.3 is 6.09 Å². The van der Waals surface area contributed by atoms with Crippen LogP contribution in [0.2, 0.25) is 0 Å². The molecule has 0 radical (unpaired) electrons. The molecule has 2 heterocycles. The highest BCUT2D eigenvalue weighted by Gasteiger charge is 2.26. The second kappa shape index (κ2) is 10.2. The van der Waals surface area contributed by atoms with Crippen LogP contribution in [-0.2, 0) is 22.5 Å². The number of hydrogen-bond acceptors (Lipinski definition) is 6. The molecule has 0 saturated carbocycles. The van der Waals surface area contributed by atoms with Gasteiger partial charge in [-0.15, -0.1) is 11.3 Å². The van der Waals surface area contributed by atoms with Crippen molar-refractivity contribution in [3.63, 3.8) is 0 Å². The molecule has 2 aromatic rings. The lowest BCUT2D eigenvalue weighted by Crippen LogP contribution is -2.35.